The molecule has 0 radical (unpaired) electrons. The normalized spacial score (nSPS) is 39.0. The van der Waals surface area contributed by atoms with E-state index in [-0.39, 0.29) is 0 Å². The Bertz CT molecular complexity index is 662. The van der Waals surface area contributed by atoms with Gasteiger partial charge in [-0.15, -0.1) is 0 Å². The Morgan fingerprint density at radius 1 is 0.963 bits per heavy atom. The first-order chi connectivity index (χ1) is 13.2. The third-order valence-corrected chi connectivity index (χ3v) is 7.09. The first-order valence-electron chi connectivity index (χ1n) is 11.4. The molecular weight excluding hydrogens is 326 g/mol. The van der Waals surface area contributed by atoms with Crippen molar-refractivity contribution in [3.63, 3.8) is 0 Å². The van der Waals surface area contributed by atoms with E-state index in [1.54, 1.807) is 5.57 Å². The van der Waals surface area contributed by atoms with Crippen LogP contribution in [0.15, 0.2) is 59.9 Å². The van der Waals surface area contributed by atoms with Gasteiger partial charge in [0.2, 0.25) is 0 Å². The molecule has 0 aromatic heterocycles. The highest BCUT2D eigenvalue weighted by Crippen LogP contribution is 2.41. The predicted octanol–water partition coefficient (Wildman–Crippen LogP) is 6.72. The SMILES string of the molecule is CC1C=C(NC2CC(C)C=CC2C2CCC=C(C3C=CCCC3)C2)C=CC1. The van der Waals surface area contributed by atoms with Crippen LogP contribution < -0.4 is 5.32 Å². The monoisotopic (exact) mass is 363 g/mol. The highest BCUT2D eigenvalue weighted by Gasteiger charge is 2.33. The summed E-state index contributed by atoms with van der Waals surface area (Å²) in [7, 11) is 0. The molecule has 146 valence electrons. The van der Waals surface area contributed by atoms with Crippen molar-refractivity contribution in [2.24, 2.45) is 29.6 Å². The number of allylic oxidation sites excluding steroid dienone is 8. The maximum Gasteiger partial charge on any atom is 0.0332 e. The largest absolute Gasteiger partial charge is 0.382 e. The number of rotatable bonds is 4. The second-order valence-electron chi connectivity index (χ2n) is 9.45. The number of nitrogens with one attached hydrogen (secondary N) is 1. The highest BCUT2D eigenvalue weighted by molar-refractivity contribution is 5.25. The minimum absolute atomic E-state index is 0.581. The Morgan fingerprint density at radius 2 is 1.89 bits per heavy atom. The van der Waals surface area contributed by atoms with Crippen molar-refractivity contribution in [3.05, 3.63) is 59.9 Å². The second kappa shape index (κ2) is 8.67. The van der Waals surface area contributed by atoms with Gasteiger partial charge in [-0.2, -0.15) is 0 Å². The van der Waals surface area contributed by atoms with Gasteiger partial charge in [0.05, 0.1) is 0 Å². The van der Waals surface area contributed by atoms with Crippen molar-refractivity contribution in [1.82, 2.24) is 5.32 Å². The smallest absolute Gasteiger partial charge is 0.0332 e. The van der Waals surface area contributed by atoms with Crippen molar-refractivity contribution in [1.29, 1.82) is 0 Å². The lowest BCUT2D eigenvalue weighted by Crippen LogP contribution is -2.42. The molecule has 6 unspecified atom stereocenters. The molecular formula is C26H37N. The molecule has 0 amide bonds. The zero-order valence-corrected chi connectivity index (χ0v) is 17.2. The first-order valence-corrected chi connectivity index (χ1v) is 11.4. The molecule has 0 bridgehead atoms. The van der Waals surface area contributed by atoms with Crippen LogP contribution in [0.4, 0.5) is 0 Å². The van der Waals surface area contributed by atoms with Gasteiger partial charge in [0.25, 0.3) is 0 Å². The van der Waals surface area contributed by atoms with Gasteiger partial charge in [0.15, 0.2) is 0 Å². The summed E-state index contributed by atoms with van der Waals surface area (Å²) in [5, 5.41) is 3.95. The molecule has 0 spiro atoms. The fourth-order valence-corrected chi connectivity index (χ4v) is 5.60. The summed E-state index contributed by atoms with van der Waals surface area (Å²) >= 11 is 0. The van der Waals surface area contributed by atoms with Gasteiger partial charge in [-0.25, -0.2) is 0 Å². The average Bonchev–Trinajstić information content (AvgIpc) is 2.69. The lowest BCUT2D eigenvalue weighted by atomic mass is 9.69. The van der Waals surface area contributed by atoms with E-state index in [2.05, 4.69) is 67.8 Å². The molecule has 4 rings (SSSR count). The van der Waals surface area contributed by atoms with E-state index in [1.165, 1.54) is 57.1 Å². The second-order valence-corrected chi connectivity index (χ2v) is 9.45. The third kappa shape index (κ3) is 4.68. The maximum absolute atomic E-state index is 3.95. The van der Waals surface area contributed by atoms with Gasteiger partial charge in [0, 0.05) is 17.7 Å². The van der Waals surface area contributed by atoms with Gasteiger partial charge in [0.1, 0.15) is 0 Å². The van der Waals surface area contributed by atoms with Gasteiger partial charge in [-0.3, -0.25) is 0 Å². The molecule has 0 aromatic carbocycles. The van der Waals surface area contributed by atoms with Crippen molar-refractivity contribution in [2.45, 2.75) is 71.3 Å². The predicted molar refractivity (Wildman–Crippen MR) is 116 cm³/mol. The molecule has 1 nitrogen and oxygen atoms in total. The zero-order chi connectivity index (χ0) is 18.6. The highest BCUT2D eigenvalue weighted by atomic mass is 14.9. The van der Waals surface area contributed by atoms with Crippen LogP contribution in [0.3, 0.4) is 0 Å². The van der Waals surface area contributed by atoms with E-state index in [9.17, 15) is 0 Å². The van der Waals surface area contributed by atoms with Crippen LogP contribution in [0.25, 0.3) is 0 Å². The van der Waals surface area contributed by atoms with Crippen LogP contribution in [-0.2, 0) is 0 Å². The van der Waals surface area contributed by atoms with Crippen molar-refractivity contribution >= 4 is 0 Å². The summed E-state index contributed by atoms with van der Waals surface area (Å²) in [4.78, 5) is 0. The van der Waals surface area contributed by atoms with Gasteiger partial charge >= 0.3 is 0 Å². The van der Waals surface area contributed by atoms with Crippen LogP contribution in [0.5, 0.6) is 0 Å². The third-order valence-electron chi connectivity index (χ3n) is 7.09. The van der Waals surface area contributed by atoms with Gasteiger partial charge < -0.3 is 5.32 Å². The zero-order valence-electron chi connectivity index (χ0n) is 17.2. The minimum atomic E-state index is 0.581. The summed E-state index contributed by atoms with van der Waals surface area (Å²) in [6.07, 6.45) is 30.0. The molecule has 27 heavy (non-hydrogen) atoms. The van der Waals surface area contributed by atoms with E-state index in [0.29, 0.717) is 23.8 Å². The van der Waals surface area contributed by atoms with Crippen molar-refractivity contribution < 1.29 is 0 Å². The van der Waals surface area contributed by atoms with Crippen LogP contribution in [0.2, 0.25) is 0 Å². The fraction of sp³-hybridized carbons (Fsp3) is 0.615. The maximum atomic E-state index is 3.95. The standard InChI is InChI=1S/C26H37N/c1-19-8-6-13-24(16-19)27-26-17-20(2)14-15-25(26)23-12-7-11-22(18-23)21-9-4-3-5-10-21/h4,6,9,11,13-16,19-21,23,25-27H,3,5,7-8,10,12,17-18H2,1-2H3. The lowest BCUT2D eigenvalue weighted by molar-refractivity contribution is 0.248. The summed E-state index contributed by atoms with van der Waals surface area (Å²) < 4.78 is 0. The van der Waals surface area contributed by atoms with Gasteiger partial charge in [-0.05, 0) is 81.1 Å². The van der Waals surface area contributed by atoms with E-state index in [1.807, 2.05) is 0 Å². The molecule has 0 heterocycles. The molecule has 1 N–H and O–H groups in total. The molecule has 0 saturated carbocycles. The van der Waals surface area contributed by atoms with Crippen molar-refractivity contribution in [3.8, 4) is 0 Å². The quantitative estimate of drug-likeness (QED) is 0.547. The van der Waals surface area contributed by atoms with E-state index < -0.39 is 0 Å². The van der Waals surface area contributed by atoms with Crippen LogP contribution >= 0.6 is 0 Å². The Balaban J connectivity index is 1.47. The molecule has 0 aliphatic heterocycles. The Labute approximate surface area is 166 Å². The van der Waals surface area contributed by atoms with Crippen molar-refractivity contribution in [2.75, 3.05) is 0 Å². The fourth-order valence-electron chi connectivity index (χ4n) is 5.60. The lowest BCUT2D eigenvalue weighted by Gasteiger charge is -2.40. The Morgan fingerprint density at radius 3 is 2.70 bits per heavy atom. The molecule has 0 aromatic rings. The topological polar surface area (TPSA) is 12.0 Å². The minimum Gasteiger partial charge on any atom is -0.382 e. The number of hydrogen-bond acceptors (Lipinski definition) is 1. The molecule has 0 fully saturated rings. The number of hydrogen-bond donors (Lipinski definition) is 1. The first kappa shape index (κ1) is 18.8. The van der Waals surface area contributed by atoms with Crippen LogP contribution in [0, 0.1) is 29.6 Å². The van der Waals surface area contributed by atoms with Crippen LogP contribution in [0.1, 0.15) is 65.2 Å². The van der Waals surface area contributed by atoms with Gasteiger partial charge in [-0.1, -0.05) is 62.0 Å². The summed E-state index contributed by atoms with van der Waals surface area (Å²) in [5.41, 5.74) is 3.09. The molecule has 0 saturated heterocycles. The van der Waals surface area contributed by atoms with Crippen LogP contribution in [-0.4, -0.2) is 6.04 Å². The molecule has 4 aliphatic rings. The Hall–Kier alpha value is -1.50. The molecule has 6 atom stereocenters. The summed E-state index contributed by atoms with van der Waals surface area (Å²) in [5.74, 6) is 3.54. The average molecular weight is 364 g/mol. The van der Waals surface area contributed by atoms with E-state index in [0.717, 1.165) is 11.8 Å². The Kier molecular flexibility index (Phi) is 6.05. The summed E-state index contributed by atoms with van der Waals surface area (Å²) in [6.45, 7) is 4.69. The van der Waals surface area contributed by atoms with E-state index >= 15 is 0 Å². The molecule has 4 aliphatic carbocycles. The summed E-state index contributed by atoms with van der Waals surface area (Å²) in [6, 6.07) is 0.581. The van der Waals surface area contributed by atoms with E-state index in [4.69, 9.17) is 0 Å². The molecule has 1 heteroatoms.